The molecule has 1 heterocycles. The summed E-state index contributed by atoms with van der Waals surface area (Å²) in [5.74, 6) is 0.0714. The standard InChI is InChI=1S/C10H15BrN2OS/c1-6(2)9(12)10(14)13-5-8-7(11)3-4-15-8/h3-4,6,9H,5,12H2,1-2H3,(H,13,14)/t9-/m0/s1. The monoisotopic (exact) mass is 290 g/mol. The molecule has 0 aromatic carbocycles. The number of halogens is 1. The van der Waals surface area contributed by atoms with E-state index in [1.807, 2.05) is 25.3 Å². The molecule has 0 spiro atoms. The average molecular weight is 291 g/mol. The molecule has 3 N–H and O–H groups in total. The Labute approximate surface area is 102 Å². The van der Waals surface area contributed by atoms with Crippen LogP contribution in [0.1, 0.15) is 18.7 Å². The van der Waals surface area contributed by atoms with Crippen molar-refractivity contribution in [3.63, 3.8) is 0 Å². The van der Waals surface area contributed by atoms with Crippen molar-refractivity contribution in [3.05, 3.63) is 20.8 Å². The zero-order valence-electron chi connectivity index (χ0n) is 8.79. The molecule has 1 aromatic rings. The van der Waals surface area contributed by atoms with Crippen molar-refractivity contribution in [2.24, 2.45) is 11.7 Å². The molecule has 5 heteroatoms. The van der Waals surface area contributed by atoms with Crippen LogP contribution in [0.5, 0.6) is 0 Å². The van der Waals surface area contributed by atoms with Gasteiger partial charge in [0, 0.05) is 9.35 Å². The number of hydrogen-bond donors (Lipinski definition) is 2. The summed E-state index contributed by atoms with van der Waals surface area (Å²) >= 11 is 5.02. The van der Waals surface area contributed by atoms with Crippen LogP contribution >= 0.6 is 27.3 Å². The van der Waals surface area contributed by atoms with Gasteiger partial charge in [0.1, 0.15) is 0 Å². The summed E-state index contributed by atoms with van der Waals surface area (Å²) in [5, 5.41) is 4.80. The molecule has 0 saturated carbocycles. The number of carbonyl (C=O) groups excluding carboxylic acids is 1. The maximum absolute atomic E-state index is 11.5. The van der Waals surface area contributed by atoms with E-state index in [9.17, 15) is 4.79 Å². The predicted octanol–water partition coefficient (Wildman–Crippen LogP) is 2.11. The normalized spacial score (nSPS) is 12.9. The summed E-state index contributed by atoms with van der Waals surface area (Å²) in [4.78, 5) is 12.7. The molecular weight excluding hydrogens is 276 g/mol. The van der Waals surface area contributed by atoms with Gasteiger partial charge in [0.2, 0.25) is 5.91 Å². The van der Waals surface area contributed by atoms with Gasteiger partial charge in [0.25, 0.3) is 0 Å². The van der Waals surface area contributed by atoms with E-state index in [0.29, 0.717) is 6.54 Å². The highest BCUT2D eigenvalue weighted by atomic mass is 79.9. The van der Waals surface area contributed by atoms with Crippen LogP contribution in [-0.4, -0.2) is 11.9 Å². The molecule has 0 bridgehead atoms. The first-order valence-electron chi connectivity index (χ1n) is 4.77. The third-order valence-electron chi connectivity index (χ3n) is 2.14. The maximum Gasteiger partial charge on any atom is 0.237 e. The number of thiophene rings is 1. The van der Waals surface area contributed by atoms with Crippen molar-refractivity contribution in [3.8, 4) is 0 Å². The van der Waals surface area contributed by atoms with Crippen LogP contribution in [0.3, 0.4) is 0 Å². The first-order chi connectivity index (χ1) is 7.02. The minimum absolute atomic E-state index is 0.0923. The highest BCUT2D eigenvalue weighted by Gasteiger charge is 2.16. The zero-order valence-corrected chi connectivity index (χ0v) is 11.2. The zero-order chi connectivity index (χ0) is 11.4. The van der Waals surface area contributed by atoms with Crippen molar-refractivity contribution in [1.29, 1.82) is 0 Å². The summed E-state index contributed by atoms with van der Waals surface area (Å²) in [7, 11) is 0. The number of nitrogens with two attached hydrogens (primary N) is 1. The Morgan fingerprint density at radius 1 is 1.67 bits per heavy atom. The summed E-state index contributed by atoms with van der Waals surface area (Å²) < 4.78 is 1.03. The van der Waals surface area contributed by atoms with Crippen LogP contribution in [0.4, 0.5) is 0 Å². The minimum Gasteiger partial charge on any atom is -0.350 e. The van der Waals surface area contributed by atoms with E-state index in [0.717, 1.165) is 9.35 Å². The number of rotatable bonds is 4. The smallest absolute Gasteiger partial charge is 0.237 e. The van der Waals surface area contributed by atoms with Crippen LogP contribution in [0.2, 0.25) is 0 Å². The fourth-order valence-corrected chi connectivity index (χ4v) is 2.47. The second kappa shape index (κ2) is 5.63. The second-order valence-electron chi connectivity index (χ2n) is 3.68. The molecule has 3 nitrogen and oxygen atoms in total. The summed E-state index contributed by atoms with van der Waals surface area (Å²) in [5.41, 5.74) is 5.72. The molecule has 0 unspecified atom stereocenters. The van der Waals surface area contributed by atoms with Gasteiger partial charge < -0.3 is 11.1 Å². The largest absolute Gasteiger partial charge is 0.350 e. The van der Waals surface area contributed by atoms with Gasteiger partial charge in [-0.15, -0.1) is 11.3 Å². The Morgan fingerprint density at radius 3 is 2.80 bits per heavy atom. The van der Waals surface area contributed by atoms with Crippen molar-refractivity contribution in [2.75, 3.05) is 0 Å². The molecule has 0 aliphatic carbocycles. The highest BCUT2D eigenvalue weighted by Crippen LogP contribution is 2.22. The molecule has 0 fully saturated rings. The summed E-state index contributed by atoms with van der Waals surface area (Å²) in [6.45, 7) is 4.41. The lowest BCUT2D eigenvalue weighted by molar-refractivity contribution is -0.123. The third kappa shape index (κ3) is 3.59. The van der Waals surface area contributed by atoms with Gasteiger partial charge >= 0.3 is 0 Å². The van der Waals surface area contributed by atoms with E-state index in [2.05, 4.69) is 21.2 Å². The lowest BCUT2D eigenvalue weighted by Gasteiger charge is -2.14. The molecule has 0 saturated heterocycles. The Morgan fingerprint density at radius 2 is 2.33 bits per heavy atom. The molecule has 1 amide bonds. The fraction of sp³-hybridized carbons (Fsp3) is 0.500. The van der Waals surface area contributed by atoms with Crippen LogP contribution < -0.4 is 11.1 Å². The van der Waals surface area contributed by atoms with E-state index >= 15 is 0 Å². The van der Waals surface area contributed by atoms with Gasteiger partial charge in [-0.2, -0.15) is 0 Å². The van der Waals surface area contributed by atoms with Crippen LogP contribution in [0.15, 0.2) is 15.9 Å². The van der Waals surface area contributed by atoms with Crippen LogP contribution in [-0.2, 0) is 11.3 Å². The fourth-order valence-electron chi connectivity index (χ4n) is 1.04. The van der Waals surface area contributed by atoms with Crippen molar-refractivity contribution in [2.45, 2.75) is 26.4 Å². The number of amides is 1. The van der Waals surface area contributed by atoms with Crippen molar-refractivity contribution < 1.29 is 4.79 Å². The first kappa shape index (κ1) is 12.7. The molecule has 0 aliphatic rings. The van der Waals surface area contributed by atoms with Gasteiger partial charge in [0.15, 0.2) is 0 Å². The quantitative estimate of drug-likeness (QED) is 0.892. The Kier molecular flexibility index (Phi) is 4.76. The first-order valence-corrected chi connectivity index (χ1v) is 6.44. The van der Waals surface area contributed by atoms with Gasteiger partial charge in [0.05, 0.1) is 12.6 Å². The number of carbonyl (C=O) groups is 1. The summed E-state index contributed by atoms with van der Waals surface area (Å²) in [6.07, 6.45) is 0. The molecule has 0 aliphatic heterocycles. The van der Waals surface area contributed by atoms with Crippen LogP contribution in [0, 0.1) is 5.92 Å². The van der Waals surface area contributed by atoms with E-state index in [4.69, 9.17) is 5.73 Å². The Hall–Kier alpha value is -0.390. The maximum atomic E-state index is 11.5. The Bertz CT molecular complexity index is 338. The highest BCUT2D eigenvalue weighted by molar-refractivity contribution is 9.10. The van der Waals surface area contributed by atoms with E-state index < -0.39 is 6.04 Å². The molecular formula is C10H15BrN2OS. The molecule has 1 aromatic heterocycles. The third-order valence-corrected chi connectivity index (χ3v) is 4.06. The predicted molar refractivity (Wildman–Crippen MR) is 66.7 cm³/mol. The molecule has 1 rings (SSSR count). The second-order valence-corrected chi connectivity index (χ2v) is 5.53. The average Bonchev–Trinajstić information content (AvgIpc) is 2.59. The van der Waals surface area contributed by atoms with Gasteiger partial charge in [-0.1, -0.05) is 13.8 Å². The summed E-state index contributed by atoms with van der Waals surface area (Å²) in [6, 6.07) is 1.54. The topological polar surface area (TPSA) is 55.1 Å². The lowest BCUT2D eigenvalue weighted by atomic mass is 10.1. The lowest BCUT2D eigenvalue weighted by Crippen LogP contribution is -2.43. The van der Waals surface area contributed by atoms with Gasteiger partial charge in [-0.05, 0) is 33.3 Å². The van der Waals surface area contributed by atoms with Crippen molar-refractivity contribution >= 4 is 33.2 Å². The van der Waals surface area contributed by atoms with Gasteiger partial charge in [-0.3, -0.25) is 4.79 Å². The Balaban J connectivity index is 2.44. The molecule has 15 heavy (non-hydrogen) atoms. The number of hydrogen-bond acceptors (Lipinski definition) is 3. The van der Waals surface area contributed by atoms with E-state index in [1.54, 1.807) is 11.3 Å². The SMILES string of the molecule is CC(C)[C@H](N)C(=O)NCc1sccc1Br. The number of nitrogens with one attached hydrogen (secondary N) is 1. The molecule has 84 valence electrons. The molecule has 0 radical (unpaired) electrons. The molecule has 1 atom stereocenters. The van der Waals surface area contributed by atoms with E-state index in [1.165, 1.54) is 0 Å². The van der Waals surface area contributed by atoms with Gasteiger partial charge in [-0.25, -0.2) is 0 Å². The minimum atomic E-state index is -0.427. The van der Waals surface area contributed by atoms with E-state index in [-0.39, 0.29) is 11.8 Å². The van der Waals surface area contributed by atoms with Crippen LogP contribution in [0.25, 0.3) is 0 Å². The van der Waals surface area contributed by atoms with Crippen molar-refractivity contribution in [1.82, 2.24) is 5.32 Å².